The molecular weight excluding hydrogens is 234 g/mol. The molecule has 1 atom stereocenters. The molecule has 1 saturated carbocycles. The average molecular weight is 259 g/mol. The molecule has 0 radical (unpaired) electrons. The molecule has 2 heterocycles. The van der Waals surface area contributed by atoms with Crippen LogP contribution in [0.2, 0.25) is 0 Å². The standard InChI is InChI=1S/C16H25N3/c1-2-19-11-5-8-15(19)13-9-10-16(17-12-13)18-14-6-3-4-7-14/h9-10,12,14-15H,2-8,11H2,1H3,(H,17,18)/t15-/m1/s1. The van der Waals surface area contributed by atoms with Crippen molar-refractivity contribution >= 4 is 5.82 Å². The highest BCUT2D eigenvalue weighted by Crippen LogP contribution is 2.31. The van der Waals surface area contributed by atoms with Gasteiger partial charge in [0.15, 0.2) is 0 Å². The van der Waals surface area contributed by atoms with Crippen molar-refractivity contribution in [3.05, 3.63) is 23.9 Å². The van der Waals surface area contributed by atoms with Crippen molar-refractivity contribution in [3.8, 4) is 0 Å². The predicted octanol–water partition coefficient (Wildman–Crippen LogP) is 3.59. The van der Waals surface area contributed by atoms with Crippen LogP contribution >= 0.6 is 0 Å². The summed E-state index contributed by atoms with van der Waals surface area (Å²) in [6.07, 6.45) is 10.0. The van der Waals surface area contributed by atoms with Gasteiger partial charge in [-0.15, -0.1) is 0 Å². The largest absolute Gasteiger partial charge is 0.367 e. The lowest BCUT2D eigenvalue weighted by Crippen LogP contribution is -2.22. The highest BCUT2D eigenvalue weighted by Gasteiger charge is 2.24. The Morgan fingerprint density at radius 3 is 2.74 bits per heavy atom. The molecule has 0 unspecified atom stereocenters. The number of pyridine rings is 1. The van der Waals surface area contributed by atoms with Gasteiger partial charge in [-0.1, -0.05) is 25.8 Å². The van der Waals surface area contributed by atoms with Gasteiger partial charge in [0.2, 0.25) is 0 Å². The number of likely N-dealkylation sites (tertiary alicyclic amines) is 1. The third kappa shape index (κ3) is 2.92. The number of hydrogen-bond acceptors (Lipinski definition) is 3. The Balaban J connectivity index is 1.64. The van der Waals surface area contributed by atoms with Gasteiger partial charge in [0.05, 0.1) is 0 Å². The first-order valence-electron chi connectivity index (χ1n) is 7.83. The summed E-state index contributed by atoms with van der Waals surface area (Å²) in [5, 5.41) is 3.56. The smallest absolute Gasteiger partial charge is 0.126 e. The normalized spacial score (nSPS) is 25.0. The van der Waals surface area contributed by atoms with E-state index in [0.29, 0.717) is 12.1 Å². The van der Waals surface area contributed by atoms with E-state index in [4.69, 9.17) is 0 Å². The minimum atomic E-state index is 0.595. The molecule has 0 spiro atoms. The van der Waals surface area contributed by atoms with E-state index in [1.807, 2.05) is 0 Å². The lowest BCUT2D eigenvalue weighted by Gasteiger charge is -2.23. The van der Waals surface area contributed by atoms with Crippen molar-refractivity contribution in [2.45, 2.75) is 57.5 Å². The Kier molecular flexibility index (Phi) is 4.02. The molecule has 0 bridgehead atoms. The fraction of sp³-hybridized carbons (Fsp3) is 0.688. The number of rotatable bonds is 4. The van der Waals surface area contributed by atoms with Gasteiger partial charge >= 0.3 is 0 Å². The fourth-order valence-corrected chi connectivity index (χ4v) is 3.55. The van der Waals surface area contributed by atoms with E-state index in [1.165, 1.54) is 50.6 Å². The average Bonchev–Trinajstić information content (AvgIpc) is 3.10. The Morgan fingerprint density at radius 2 is 2.05 bits per heavy atom. The number of hydrogen-bond donors (Lipinski definition) is 1. The third-order valence-corrected chi connectivity index (χ3v) is 4.65. The molecule has 1 aliphatic carbocycles. The molecule has 0 amide bonds. The summed E-state index contributed by atoms with van der Waals surface area (Å²) >= 11 is 0. The molecule has 3 nitrogen and oxygen atoms in total. The summed E-state index contributed by atoms with van der Waals surface area (Å²) in [4.78, 5) is 7.17. The molecule has 19 heavy (non-hydrogen) atoms. The van der Waals surface area contributed by atoms with Crippen LogP contribution in [0.4, 0.5) is 5.82 Å². The zero-order valence-electron chi connectivity index (χ0n) is 11.9. The molecule has 1 saturated heterocycles. The summed E-state index contributed by atoms with van der Waals surface area (Å²) in [5.41, 5.74) is 1.39. The monoisotopic (exact) mass is 259 g/mol. The van der Waals surface area contributed by atoms with Gasteiger partial charge < -0.3 is 5.32 Å². The minimum Gasteiger partial charge on any atom is -0.367 e. The maximum atomic E-state index is 4.62. The molecule has 3 rings (SSSR count). The molecule has 3 heteroatoms. The van der Waals surface area contributed by atoms with E-state index in [1.54, 1.807) is 0 Å². The van der Waals surface area contributed by atoms with Crippen LogP contribution < -0.4 is 5.32 Å². The molecule has 1 aromatic heterocycles. The molecule has 0 aromatic carbocycles. The minimum absolute atomic E-state index is 0.595. The van der Waals surface area contributed by atoms with Crippen LogP contribution in [0.5, 0.6) is 0 Å². The van der Waals surface area contributed by atoms with Gasteiger partial charge in [0, 0.05) is 18.3 Å². The van der Waals surface area contributed by atoms with E-state index in [0.717, 1.165) is 12.4 Å². The van der Waals surface area contributed by atoms with Gasteiger partial charge in [-0.3, -0.25) is 4.90 Å². The Bertz CT molecular complexity index is 395. The van der Waals surface area contributed by atoms with Crippen molar-refractivity contribution in [1.29, 1.82) is 0 Å². The van der Waals surface area contributed by atoms with Gasteiger partial charge in [-0.2, -0.15) is 0 Å². The molecule has 1 aliphatic heterocycles. The first kappa shape index (κ1) is 12.9. The van der Waals surface area contributed by atoms with Crippen molar-refractivity contribution in [2.75, 3.05) is 18.4 Å². The zero-order chi connectivity index (χ0) is 13.1. The lowest BCUT2D eigenvalue weighted by atomic mass is 10.1. The number of aromatic nitrogens is 1. The molecule has 2 aliphatic rings. The maximum Gasteiger partial charge on any atom is 0.126 e. The number of nitrogens with one attached hydrogen (secondary N) is 1. The molecule has 2 fully saturated rings. The highest BCUT2D eigenvalue weighted by molar-refractivity contribution is 5.37. The second-order valence-corrected chi connectivity index (χ2v) is 5.89. The SMILES string of the molecule is CCN1CCC[C@@H]1c1ccc(NC2CCCC2)nc1. The highest BCUT2D eigenvalue weighted by atomic mass is 15.2. The van der Waals surface area contributed by atoms with Crippen molar-refractivity contribution in [1.82, 2.24) is 9.88 Å². The van der Waals surface area contributed by atoms with Crippen LogP contribution in [0.3, 0.4) is 0 Å². The van der Waals surface area contributed by atoms with E-state index in [2.05, 4.69) is 40.5 Å². The number of anilines is 1. The predicted molar refractivity (Wildman–Crippen MR) is 79.3 cm³/mol. The van der Waals surface area contributed by atoms with Crippen molar-refractivity contribution in [3.63, 3.8) is 0 Å². The van der Waals surface area contributed by atoms with Crippen LogP contribution in [0.25, 0.3) is 0 Å². The summed E-state index contributed by atoms with van der Waals surface area (Å²) in [7, 11) is 0. The van der Waals surface area contributed by atoms with Crippen LogP contribution in [0.15, 0.2) is 18.3 Å². The Labute approximate surface area is 116 Å². The van der Waals surface area contributed by atoms with Gasteiger partial charge in [0.1, 0.15) is 5.82 Å². The quantitative estimate of drug-likeness (QED) is 0.895. The van der Waals surface area contributed by atoms with Gasteiger partial charge in [0.25, 0.3) is 0 Å². The summed E-state index contributed by atoms with van der Waals surface area (Å²) in [6.45, 7) is 4.64. The molecular formula is C16H25N3. The summed E-state index contributed by atoms with van der Waals surface area (Å²) < 4.78 is 0. The molecule has 1 aromatic rings. The zero-order valence-corrected chi connectivity index (χ0v) is 11.9. The number of nitrogens with zero attached hydrogens (tertiary/aromatic N) is 2. The lowest BCUT2D eigenvalue weighted by molar-refractivity contribution is 0.271. The summed E-state index contributed by atoms with van der Waals surface area (Å²) in [5.74, 6) is 1.05. The second kappa shape index (κ2) is 5.91. The Hall–Kier alpha value is -1.09. The van der Waals surface area contributed by atoms with Gasteiger partial charge in [-0.25, -0.2) is 4.98 Å². The van der Waals surface area contributed by atoms with Crippen LogP contribution in [-0.2, 0) is 0 Å². The van der Waals surface area contributed by atoms with Crippen molar-refractivity contribution in [2.24, 2.45) is 0 Å². The maximum absolute atomic E-state index is 4.62. The second-order valence-electron chi connectivity index (χ2n) is 5.89. The van der Waals surface area contributed by atoms with Crippen LogP contribution in [0.1, 0.15) is 57.1 Å². The first-order valence-corrected chi connectivity index (χ1v) is 7.83. The van der Waals surface area contributed by atoms with Crippen molar-refractivity contribution < 1.29 is 0 Å². The third-order valence-electron chi connectivity index (χ3n) is 4.65. The van der Waals surface area contributed by atoms with Crippen LogP contribution in [-0.4, -0.2) is 29.0 Å². The van der Waals surface area contributed by atoms with E-state index >= 15 is 0 Å². The van der Waals surface area contributed by atoms with E-state index < -0.39 is 0 Å². The van der Waals surface area contributed by atoms with Gasteiger partial charge in [-0.05, 0) is 50.4 Å². The fourth-order valence-electron chi connectivity index (χ4n) is 3.55. The van der Waals surface area contributed by atoms with E-state index in [9.17, 15) is 0 Å². The first-order chi connectivity index (χ1) is 9.36. The molecule has 1 N–H and O–H groups in total. The molecule has 104 valence electrons. The van der Waals surface area contributed by atoms with E-state index in [-0.39, 0.29) is 0 Å². The summed E-state index contributed by atoms with van der Waals surface area (Å²) in [6, 6.07) is 5.68. The Morgan fingerprint density at radius 1 is 1.21 bits per heavy atom. The topological polar surface area (TPSA) is 28.2 Å². The van der Waals surface area contributed by atoms with Crippen LogP contribution in [0, 0.1) is 0 Å².